The van der Waals surface area contributed by atoms with E-state index in [9.17, 15) is 0 Å². The Morgan fingerprint density at radius 1 is 0.846 bits per heavy atom. The molecule has 0 aliphatic rings. The third kappa shape index (κ3) is 11.7. The highest BCUT2D eigenvalue weighted by Crippen LogP contribution is 2.04. The first-order valence-electron chi connectivity index (χ1n) is 5.77. The van der Waals surface area contributed by atoms with E-state index in [1.54, 1.807) is 0 Å². The SMILES string of the molecule is CCCC/C=C/CCCCCCN. The van der Waals surface area contributed by atoms with Gasteiger partial charge in [0.15, 0.2) is 0 Å². The van der Waals surface area contributed by atoms with Crippen LogP contribution in [0.5, 0.6) is 0 Å². The van der Waals surface area contributed by atoms with Crippen molar-refractivity contribution in [3.8, 4) is 0 Å². The Hall–Kier alpha value is -0.300. The predicted molar refractivity (Wildman–Crippen MR) is 60.8 cm³/mol. The molecule has 0 bridgehead atoms. The van der Waals surface area contributed by atoms with Gasteiger partial charge in [-0.15, -0.1) is 0 Å². The smallest absolute Gasteiger partial charge is 0.00773 e. The molecule has 0 atom stereocenters. The minimum atomic E-state index is 0.854. The van der Waals surface area contributed by atoms with E-state index < -0.39 is 0 Å². The lowest BCUT2D eigenvalue weighted by molar-refractivity contribution is 0.652. The molecule has 0 unspecified atom stereocenters. The fourth-order valence-electron chi connectivity index (χ4n) is 1.32. The maximum Gasteiger partial charge on any atom is -0.00773 e. The molecular weight excluding hydrogens is 158 g/mol. The highest BCUT2D eigenvalue weighted by atomic mass is 14.5. The van der Waals surface area contributed by atoms with E-state index in [4.69, 9.17) is 5.73 Å². The van der Waals surface area contributed by atoms with Crippen LogP contribution in [0, 0.1) is 0 Å². The summed E-state index contributed by atoms with van der Waals surface area (Å²) in [5.74, 6) is 0. The molecule has 0 fully saturated rings. The molecule has 0 heterocycles. The first kappa shape index (κ1) is 12.7. The van der Waals surface area contributed by atoms with Crippen molar-refractivity contribution in [1.29, 1.82) is 0 Å². The van der Waals surface area contributed by atoms with Crippen molar-refractivity contribution in [2.24, 2.45) is 5.73 Å². The standard InChI is InChI=1S/C12H25N/c1-2-3-4-5-6-7-8-9-10-11-12-13/h5-6H,2-4,7-13H2,1H3/b6-5+. The van der Waals surface area contributed by atoms with E-state index in [0.717, 1.165) is 6.54 Å². The monoisotopic (exact) mass is 183 g/mol. The number of rotatable bonds is 9. The molecule has 0 spiro atoms. The number of hydrogen-bond acceptors (Lipinski definition) is 1. The highest BCUT2D eigenvalue weighted by Gasteiger charge is 1.86. The third-order valence-electron chi connectivity index (χ3n) is 2.22. The molecule has 0 rings (SSSR count). The summed E-state index contributed by atoms with van der Waals surface area (Å²) in [6, 6.07) is 0. The third-order valence-corrected chi connectivity index (χ3v) is 2.22. The van der Waals surface area contributed by atoms with Gasteiger partial charge in [0.2, 0.25) is 0 Å². The zero-order chi connectivity index (χ0) is 9.78. The molecule has 0 aromatic rings. The first-order chi connectivity index (χ1) is 6.41. The average molecular weight is 183 g/mol. The quantitative estimate of drug-likeness (QED) is 0.428. The van der Waals surface area contributed by atoms with E-state index in [2.05, 4.69) is 19.1 Å². The van der Waals surface area contributed by atoms with E-state index in [1.807, 2.05) is 0 Å². The Balaban J connectivity index is 2.93. The number of hydrogen-bond donors (Lipinski definition) is 1. The Morgan fingerprint density at radius 2 is 1.46 bits per heavy atom. The lowest BCUT2D eigenvalue weighted by Crippen LogP contribution is -1.97. The summed E-state index contributed by atoms with van der Waals surface area (Å²) < 4.78 is 0. The molecule has 0 aromatic carbocycles. The fraction of sp³-hybridized carbons (Fsp3) is 0.833. The Morgan fingerprint density at radius 3 is 2.08 bits per heavy atom. The minimum Gasteiger partial charge on any atom is -0.330 e. The largest absolute Gasteiger partial charge is 0.330 e. The van der Waals surface area contributed by atoms with Crippen molar-refractivity contribution in [2.75, 3.05) is 6.54 Å². The molecule has 0 amide bonds. The number of nitrogens with two attached hydrogens (primary N) is 1. The van der Waals surface area contributed by atoms with Gasteiger partial charge in [-0.2, -0.15) is 0 Å². The second-order valence-electron chi connectivity index (χ2n) is 3.61. The van der Waals surface area contributed by atoms with Crippen LogP contribution in [0.25, 0.3) is 0 Å². The zero-order valence-electron chi connectivity index (χ0n) is 9.10. The maximum absolute atomic E-state index is 5.41. The van der Waals surface area contributed by atoms with E-state index in [0.29, 0.717) is 0 Å². The summed E-state index contributed by atoms with van der Waals surface area (Å²) in [6.07, 6.45) is 15.0. The van der Waals surface area contributed by atoms with Crippen LogP contribution in [0.1, 0.15) is 58.3 Å². The molecule has 0 aliphatic heterocycles. The van der Waals surface area contributed by atoms with Crippen LogP contribution < -0.4 is 5.73 Å². The lowest BCUT2D eigenvalue weighted by atomic mass is 10.1. The molecule has 13 heavy (non-hydrogen) atoms. The van der Waals surface area contributed by atoms with Gasteiger partial charge in [-0.25, -0.2) is 0 Å². The lowest BCUT2D eigenvalue weighted by Gasteiger charge is -1.96. The average Bonchev–Trinajstić information content (AvgIpc) is 2.16. The summed E-state index contributed by atoms with van der Waals surface area (Å²) >= 11 is 0. The molecule has 1 heteroatoms. The van der Waals surface area contributed by atoms with E-state index >= 15 is 0 Å². The molecule has 0 saturated carbocycles. The molecule has 0 aromatic heterocycles. The number of unbranched alkanes of at least 4 members (excludes halogenated alkanes) is 6. The predicted octanol–water partition coefficient (Wildman–Crippen LogP) is 3.64. The van der Waals surface area contributed by atoms with Crippen LogP contribution in [-0.4, -0.2) is 6.54 Å². The van der Waals surface area contributed by atoms with Gasteiger partial charge in [0.25, 0.3) is 0 Å². The van der Waals surface area contributed by atoms with Gasteiger partial charge >= 0.3 is 0 Å². The van der Waals surface area contributed by atoms with Gasteiger partial charge in [0.05, 0.1) is 0 Å². The fourth-order valence-corrected chi connectivity index (χ4v) is 1.32. The van der Waals surface area contributed by atoms with Gasteiger partial charge in [-0.1, -0.05) is 44.8 Å². The molecule has 0 radical (unpaired) electrons. The second-order valence-corrected chi connectivity index (χ2v) is 3.61. The summed E-state index contributed by atoms with van der Waals surface area (Å²) in [5.41, 5.74) is 5.41. The molecular formula is C12H25N. The summed E-state index contributed by atoms with van der Waals surface area (Å²) in [5, 5.41) is 0. The molecule has 78 valence electrons. The molecule has 0 aliphatic carbocycles. The van der Waals surface area contributed by atoms with E-state index in [1.165, 1.54) is 51.4 Å². The van der Waals surface area contributed by atoms with Gasteiger partial charge < -0.3 is 5.73 Å². The van der Waals surface area contributed by atoms with Gasteiger partial charge in [0, 0.05) is 0 Å². The second kappa shape index (κ2) is 11.7. The van der Waals surface area contributed by atoms with Gasteiger partial charge in [-0.05, 0) is 32.2 Å². The Labute approximate surface area is 83.4 Å². The van der Waals surface area contributed by atoms with E-state index in [-0.39, 0.29) is 0 Å². The summed E-state index contributed by atoms with van der Waals surface area (Å²) in [7, 11) is 0. The zero-order valence-corrected chi connectivity index (χ0v) is 9.10. The molecule has 1 nitrogen and oxygen atoms in total. The van der Waals surface area contributed by atoms with Crippen molar-refractivity contribution in [1.82, 2.24) is 0 Å². The Kier molecular flexibility index (Phi) is 11.4. The topological polar surface area (TPSA) is 26.0 Å². The van der Waals surface area contributed by atoms with Crippen molar-refractivity contribution >= 4 is 0 Å². The van der Waals surface area contributed by atoms with Gasteiger partial charge in [-0.3, -0.25) is 0 Å². The van der Waals surface area contributed by atoms with Gasteiger partial charge in [0.1, 0.15) is 0 Å². The maximum atomic E-state index is 5.41. The highest BCUT2D eigenvalue weighted by molar-refractivity contribution is 4.80. The summed E-state index contributed by atoms with van der Waals surface area (Å²) in [4.78, 5) is 0. The first-order valence-corrected chi connectivity index (χ1v) is 5.77. The Bertz CT molecular complexity index is 108. The molecule has 2 N–H and O–H groups in total. The normalized spacial score (nSPS) is 11.2. The van der Waals surface area contributed by atoms with Crippen LogP contribution in [-0.2, 0) is 0 Å². The van der Waals surface area contributed by atoms with Crippen molar-refractivity contribution in [3.63, 3.8) is 0 Å². The van der Waals surface area contributed by atoms with Crippen LogP contribution >= 0.6 is 0 Å². The van der Waals surface area contributed by atoms with Crippen LogP contribution in [0.15, 0.2) is 12.2 Å². The number of allylic oxidation sites excluding steroid dienone is 2. The van der Waals surface area contributed by atoms with Crippen LogP contribution in [0.4, 0.5) is 0 Å². The van der Waals surface area contributed by atoms with Crippen molar-refractivity contribution < 1.29 is 0 Å². The summed E-state index contributed by atoms with van der Waals surface area (Å²) in [6.45, 7) is 3.09. The van der Waals surface area contributed by atoms with Crippen LogP contribution in [0.2, 0.25) is 0 Å². The van der Waals surface area contributed by atoms with Crippen molar-refractivity contribution in [2.45, 2.75) is 58.3 Å². The minimum absolute atomic E-state index is 0.854. The molecule has 0 saturated heterocycles. The van der Waals surface area contributed by atoms with Crippen LogP contribution in [0.3, 0.4) is 0 Å². The van der Waals surface area contributed by atoms with Crippen molar-refractivity contribution in [3.05, 3.63) is 12.2 Å².